The van der Waals surface area contributed by atoms with Crippen molar-refractivity contribution in [2.24, 2.45) is 0 Å². The van der Waals surface area contributed by atoms with E-state index in [0.29, 0.717) is 25.2 Å². The van der Waals surface area contributed by atoms with Gasteiger partial charge < -0.3 is 19.8 Å². The lowest BCUT2D eigenvalue weighted by Crippen LogP contribution is -2.42. The number of sulfonamides is 1. The van der Waals surface area contributed by atoms with Gasteiger partial charge in [-0.1, -0.05) is 17.7 Å². The second-order valence-electron chi connectivity index (χ2n) is 8.58. The minimum atomic E-state index is -3.60. The predicted octanol–water partition coefficient (Wildman–Crippen LogP) is 2.26. The number of oxazole rings is 1. The fraction of sp³-hybridized carbons (Fsp3) is 0.542. The first kappa shape index (κ1) is 26.8. The van der Waals surface area contributed by atoms with E-state index >= 15 is 0 Å². The number of piperidine rings is 1. The Balaban J connectivity index is 1.50. The topological polar surface area (TPSA) is 140 Å². The van der Waals surface area contributed by atoms with Gasteiger partial charge in [-0.05, 0) is 71.2 Å². The third kappa shape index (κ3) is 7.87. The fourth-order valence-electron chi connectivity index (χ4n) is 3.85. The van der Waals surface area contributed by atoms with Crippen LogP contribution in [-0.2, 0) is 19.6 Å². The van der Waals surface area contributed by atoms with Crippen LogP contribution in [-0.4, -0.2) is 57.6 Å². The molecule has 3 N–H and O–H groups in total. The standard InChI is InChI=1S/C24H34N4O6S/c1-3-33-24(30)20(6-4-5-13-26-35(31,32)19-9-7-17(2)8-10-19)27-22(29)21-16-34-23(28-21)18-11-14-25-15-12-18/h7-10,16,18,20,25-26H,3-6,11-15H2,1-2H3,(H,27,29). The summed E-state index contributed by atoms with van der Waals surface area (Å²) in [6.45, 7) is 5.73. The maximum absolute atomic E-state index is 12.7. The number of esters is 1. The highest BCUT2D eigenvalue weighted by atomic mass is 32.2. The van der Waals surface area contributed by atoms with Crippen LogP contribution in [0.3, 0.4) is 0 Å². The number of hydrogen-bond acceptors (Lipinski definition) is 8. The van der Waals surface area contributed by atoms with Crippen LogP contribution in [0.15, 0.2) is 39.8 Å². The fourth-order valence-corrected chi connectivity index (χ4v) is 4.93. The van der Waals surface area contributed by atoms with Gasteiger partial charge in [-0.15, -0.1) is 0 Å². The van der Waals surface area contributed by atoms with Gasteiger partial charge in [0.25, 0.3) is 5.91 Å². The first-order valence-electron chi connectivity index (χ1n) is 12.0. The maximum atomic E-state index is 12.7. The molecule has 0 spiro atoms. The number of ether oxygens (including phenoxy) is 1. The molecule has 1 saturated heterocycles. The molecule has 1 aliphatic rings. The van der Waals surface area contributed by atoms with E-state index in [1.54, 1.807) is 31.2 Å². The zero-order chi connectivity index (χ0) is 25.3. The smallest absolute Gasteiger partial charge is 0.328 e. The highest BCUT2D eigenvalue weighted by Gasteiger charge is 2.26. The Morgan fingerprint density at radius 2 is 1.91 bits per heavy atom. The summed E-state index contributed by atoms with van der Waals surface area (Å²) in [6, 6.07) is 5.74. The third-order valence-electron chi connectivity index (χ3n) is 5.86. The van der Waals surface area contributed by atoms with E-state index in [0.717, 1.165) is 31.5 Å². The van der Waals surface area contributed by atoms with E-state index in [-0.39, 0.29) is 29.7 Å². The van der Waals surface area contributed by atoms with Crippen molar-refractivity contribution in [1.82, 2.24) is 20.3 Å². The number of unbranched alkanes of at least 4 members (excludes halogenated alkanes) is 1. The summed E-state index contributed by atoms with van der Waals surface area (Å²) in [6.07, 6.45) is 4.38. The van der Waals surface area contributed by atoms with Crippen molar-refractivity contribution in [2.75, 3.05) is 26.2 Å². The summed E-state index contributed by atoms with van der Waals surface area (Å²) >= 11 is 0. The van der Waals surface area contributed by atoms with Crippen LogP contribution in [0.1, 0.15) is 66.9 Å². The second kappa shape index (κ2) is 12.8. The number of aryl methyl sites for hydroxylation is 1. The molecule has 11 heteroatoms. The molecular formula is C24H34N4O6S. The maximum Gasteiger partial charge on any atom is 0.328 e. The minimum Gasteiger partial charge on any atom is -0.464 e. The van der Waals surface area contributed by atoms with Crippen molar-refractivity contribution in [3.8, 4) is 0 Å². The molecular weight excluding hydrogens is 472 g/mol. The van der Waals surface area contributed by atoms with Gasteiger partial charge in [0.05, 0.1) is 11.5 Å². The molecule has 192 valence electrons. The lowest BCUT2D eigenvalue weighted by Gasteiger charge is -2.19. The average Bonchev–Trinajstić information content (AvgIpc) is 3.34. The number of amides is 1. The summed E-state index contributed by atoms with van der Waals surface area (Å²) in [7, 11) is -3.60. The van der Waals surface area contributed by atoms with Crippen molar-refractivity contribution in [2.45, 2.75) is 62.8 Å². The summed E-state index contributed by atoms with van der Waals surface area (Å²) in [5.74, 6) is -0.345. The number of nitrogens with one attached hydrogen (secondary N) is 3. The first-order chi connectivity index (χ1) is 16.8. The number of aromatic nitrogens is 1. The summed E-state index contributed by atoms with van der Waals surface area (Å²) in [4.78, 5) is 29.6. The molecule has 1 aromatic heterocycles. The Labute approximate surface area is 206 Å². The molecule has 1 aromatic carbocycles. The molecule has 1 amide bonds. The van der Waals surface area contributed by atoms with E-state index in [4.69, 9.17) is 9.15 Å². The van der Waals surface area contributed by atoms with Crippen LogP contribution < -0.4 is 15.4 Å². The van der Waals surface area contributed by atoms with Gasteiger partial charge in [0, 0.05) is 12.5 Å². The largest absolute Gasteiger partial charge is 0.464 e. The van der Waals surface area contributed by atoms with Crippen LogP contribution in [0.4, 0.5) is 0 Å². The molecule has 10 nitrogen and oxygen atoms in total. The van der Waals surface area contributed by atoms with Gasteiger partial charge in [0.15, 0.2) is 11.6 Å². The number of carbonyl (C=O) groups excluding carboxylic acids is 2. The Morgan fingerprint density at radius 3 is 2.60 bits per heavy atom. The van der Waals surface area contributed by atoms with Gasteiger partial charge in [-0.3, -0.25) is 4.79 Å². The zero-order valence-electron chi connectivity index (χ0n) is 20.2. The minimum absolute atomic E-state index is 0.124. The van der Waals surface area contributed by atoms with E-state index in [2.05, 4.69) is 20.3 Å². The lowest BCUT2D eigenvalue weighted by atomic mass is 9.98. The number of rotatable bonds is 12. The molecule has 0 radical (unpaired) electrons. The van der Waals surface area contributed by atoms with Gasteiger partial charge >= 0.3 is 5.97 Å². The highest BCUT2D eigenvalue weighted by Crippen LogP contribution is 2.24. The predicted molar refractivity (Wildman–Crippen MR) is 129 cm³/mol. The van der Waals surface area contributed by atoms with E-state index < -0.39 is 27.9 Å². The highest BCUT2D eigenvalue weighted by molar-refractivity contribution is 7.89. The Kier molecular flexibility index (Phi) is 9.82. The molecule has 0 bridgehead atoms. The quantitative estimate of drug-likeness (QED) is 0.294. The summed E-state index contributed by atoms with van der Waals surface area (Å²) < 4.78 is 38.0. The molecule has 1 aliphatic heterocycles. The number of nitrogens with zero attached hydrogens (tertiary/aromatic N) is 1. The molecule has 1 fully saturated rings. The summed E-state index contributed by atoms with van der Waals surface area (Å²) in [5, 5.41) is 5.96. The number of hydrogen-bond donors (Lipinski definition) is 3. The zero-order valence-corrected chi connectivity index (χ0v) is 21.0. The van der Waals surface area contributed by atoms with Crippen LogP contribution in [0, 0.1) is 6.92 Å². The van der Waals surface area contributed by atoms with Crippen LogP contribution in [0.2, 0.25) is 0 Å². The normalized spacial score (nSPS) is 15.5. The second-order valence-corrected chi connectivity index (χ2v) is 10.3. The third-order valence-corrected chi connectivity index (χ3v) is 7.34. The molecule has 3 rings (SSSR count). The Morgan fingerprint density at radius 1 is 1.20 bits per heavy atom. The first-order valence-corrected chi connectivity index (χ1v) is 13.5. The van der Waals surface area contributed by atoms with Crippen molar-refractivity contribution in [3.05, 3.63) is 47.7 Å². The SMILES string of the molecule is CCOC(=O)C(CCCCNS(=O)(=O)c1ccc(C)cc1)NC(=O)c1coc(C2CCNCC2)n1. The van der Waals surface area contributed by atoms with Crippen molar-refractivity contribution in [1.29, 1.82) is 0 Å². The monoisotopic (exact) mass is 506 g/mol. The number of benzene rings is 1. The lowest BCUT2D eigenvalue weighted by molar-refractivity contribution is -0.145. The average molecular weight is 507 g/mol. The van der Waals surface area contributed by atoms with E-state index in [9.17, 15) is 18.0 Å². The van der Waals surface area contributed by atoms with Crippen LogP contribution in [0.25, 0.3) is 0 Å². The van der Waals surface area contributed by atoms with Gasteiger partial charge in [0.2, 0.25) is 10.0 Å². The van der Waals surface area contributed by atoms with Crippen LogP contribution in [0.5, 0.6) is 0 Å². The van der Waals surface area contributed by atoms with Crippen molar-refractivity contribution >= 4 is 21.9 Å². The molecule has 0 aliphatic carbocycles. The van der Waals surface area contributed by atoms with Crippen LogP contribution >= 0.6 is 0 Å². The van der Waals surface area contributed by atoms with Gasteiger partial charge in [-0.2, -0.15) is 0 Å². The molecule has 35 heavy (non-hydrogen) atoms. The van der Waals surface area contributed by atoms with Crippen molar-refractivity contribution < 1.29 is 27.2 Å². The molecule has 1 atom stereocenters. The summed E-state index contributed by atoms with van der Waals surface area (Å²) in [5.41, 5.74) is 1.10. The van der Waals surface area contributed by atoms with E-state index in [1.807, 2.05) is 6.92 Å². The van der Waals surface area contributed by atoms with E-state index in [1.165, 1.54) is 6.26 Å². The van der Waals surface area contributed by atoms with Gasteiger partial charge in [-0.25, -0.2) is 22.9 Å². The Bertz CT molecular complexity index is 1080. The van der Waals surface area contributed by atoms with Gasteiger partial charge in [0.1, 0.15) is 12.3 Å². The van der Waals surface area contributed by atoms with Crippen molar-refractivity contribution in [3.63, 3.8) is 0 Å². The molecule has 2 aromatic rings. The Hall–Kier alpha value is -2.76. The molecule has 0 saturated carbocycles. The molecule has 1 unspecified atom stereocenters. The number of carbonyl (C=O) groups is 2. The molecule has 2 heterocycles.